The number of carbonyl (C=O) groups is 1. The number of nitrogens with zero attached hydrogens (tertiary/aromatic N) is 3. The molecule has 4 rings (SSSR count). The van der Waals surface area contributed by atoms with Crippen LogP contribution in [0.5, 0.6) is 5.88 Å². The zero-order valence-corrected chi connectivity index (χ0v) is 19.9. The molecule has 0 unspecified atom stereocenters. The van der Waals surface area contributed by atoms with Crippen LogP contribution < -0.4 is 9.46 Å². The van der Waals surface area contributed by atoms with Crippen LogP contribution in [-0.2, 0) is 10.0 Å². The zero-order valence-electron chi connectivity index (χ0n) is 18.3. The minimum absolute atomic E-state index is 0.0408. The second-order valence-electron chi connectivity index (χ2n) is 8.18. The first kappa shape index (κ1) is 25.0. The van der Waals surface area contributed by atoms with Gasteiger partial charge in [0, 0.05) is 12.3 Å². The Kier molecular flexibility index (Phi) is 6.54. The highest BCUT2D eigenvalue weighted by Crippen LogP contribution is 2.59. The van der Waals surface area contributed by atoms with E-state index < -0.39 is 27.5 Å². The number of ether oxygens (including phenoxy) is 1. The van der Waals surface area contributed by atoms with E-state index in [1.165, 1.54) is 41.2 Å². The molecule has 8 nitrogen and oxygen atoms in total. The van der Waals surface area contributed by atoms with Gasteiger partial charge in [0.1, 0.15) is 5.15 Å². The van der Waals surface area contributed by atoms with E-state index in [4.69, 9.17) is 16.3 Å². The number of aryl methyl sites for hydroxylation is 1. The number of hydrogen-bond donors (Lipinski definition) is 1. The molecular formula is C22H20ClF3N4O4S. The first-order chi connectivity index (χ1) is 16.4. The smallest absolute Gasteiger partial charge is 0.394 e. The maximum Gasteiger partial charge on any atom is 0.394 e. The van der Waals surface area contributed by atoms with Crippen molar-refractivity contribution in [2.75, 3.05) is 6.61 Å². The molecule has 0 atom stereocenters. The highest BCUT2D eigenvalue weighted by molar-refractivity contribution is 7.90. The number of benzene rings is 1. The van der Waals surface area contributed by atoms with Crippen molar-refractivity contribution in [3.8, 4) is 11.7 Å². The average molecular weight is 529 g/mol. The minimum atomic E-state index is -4.25. The van der Waals surface area contributed by atoms with E-state index >= 15 is 0 Å². The number of aromatic nitrogens is 3. The van der Waals surface area contributed by atoms with E-state index in [0.717, 1.165) is 0 Å². The molecule has 0 aliphatic heterocycles. The molecule has 1 aliphatic rings. The van der Waals surface area contributed by atoms with Crippen molar-refractivity contribution in [1.82, 2.24) is 19.5 Å². The van der Waals surface area contributed by atoms with Crippen LogP contribution >= 0.6 is 11.6 Å². The predicted molar refractivity (Wildman–Crippen MR) is 120 cm³/mol. The Bertz CT molecular complexity index is 1370. The van der Waals surface area contributed by atoms with Gasteiger partial charge in [-0.3, -0.25) is 4.79 Å². The van der Waals surface area contributed by atoms with Crippen molar-refractivity contribution in [1.29, 1.82) is 0 Å². The van der Waals surface area contributed by atoms with Crippen LogP contribution in [0.25, 0.3) is 5.82 Å². The number of nitrogens with one attached hydrogen (secondary N) is 1. The van der Waals surface area contributed by atoms with E-state index in [-0.39, 0.29) is 53.2 Å². The van der Waals surface area contributed by atoms with E-state index in [1.54, 1.807) is 19.1 Å². The van der Waals surface area contributed by atoms with Crippen LogP contribution in [-0.4, -0.2) is 41.9 Å². The highest BCUT2D eigenvalue weighted by Gasteiger charge is 2.62. The molecule has 0 spiro atoms. The first-order valence-corrected chi connectivity index (χ1v) is 12.3. The van der Waals surface area contributed by atoms with Crippen LogP contribution in [0.1, 0.15) is 35.2 Å². The maximum atomic E-state index is 13.0. The highest BCUT2D eigenvalue weighted by atomic mass is 35.5. The van der Waals surface area contributed by atoms with Crippen LogP contribution in [0, 0.1) is 12.3 Å². The fourth-order valence-corrected chi connectivity index (χ4v) is 4.95. The first-order valence-electron chi connectivity index (χ1n) is 10.5. The molecule has 2 aromatic heterocycles. The molecule has 1 aliphatic carbocycles. The second kappa shape index (κ2) is 9.15. The van der Waals surface area contributed by atoms with Gasteiger partial charge in [-0.15, -0.1) is 5.10 Å². The molecule has 13 heteroatoms. The molecule has 1 N–H and O–H groups in total. The molecule has 1 amide bonds. The summed E-state index contributed by atoms with van der Waals surface area (Å²) in [7, 11) is -4.13. The van der Waals surface area contributed by atoms with E-state index in [0.29, 0.717) is 5.56 Å². The third kappa shape index (κ3) is 5.27. The van der Waals surface area contributed by atoms with E-state index in [1.807, 2.05) is 4.72 Å². The summed E-state index contributed by atoms with van der Waals surface area (Å²) in [6.07, 6.45) is -2.73. The van der Waals surface area contributed by atoms with Gasteiger partial charge in [0.2, 0.25) is 5.88 Å². The van der Waals surface area contributed by atoms with Gasteiger partial charge in [-0.25, -0.2) is 22.8 Å². The summed E-state index contributed by atoms with van der Waals surface area (Å²) in [6.45, 7) is 1.46. The van der Waals surface area contributed by atoms with Gasteiger partial charge in [0.05, 0.1) is 22.5 Å². The molecule has 1 saturated carbocycles. The van der Waals surface area contributed by atoms with Crippen molar-refractivity contribution in [3.05, 3.63) is 64.9 Å². The molecule has 2 heterocycles. The van der Waals surface area contributed by atoms with E-state index in [9.17, 15) is 26.4 Å². The Balaban J connectivity index is 1.42. The lowest BCUT2D eigenvalue weighted by Crippen LogP contribution is -2.31. The quantitative estimate of drug-likeness (QED) is 0.433. The average Bonchev–Trinajstić information content (AvgIpc) is 3.43. The maximum absolute atomic E-state index is 13.0. The summed E-state index contributed by atoms with van der Waals surface area (Å²) in [4.78, 5) is 16.6. The van der Waals surface area contributed by atoms with Crippen LogP contribution in [0.3, 0.4) is 0 Å². The summed E-state index contributed by atoms with van der Waals surface area (Å²) in [5.41, 5.74) is -1.36. The summed E-state index contributed by atoms with van der Waals surface area (Å²) < 4.78 is 72.7. The zero-order chi connectivity index (χ0) is 25.4. The topological polar surface area (TPSA) is 103 Å². The molecule has 0 saturated heterocycles. The SMILES string of the molecule is Cc1ccccc1S(=O)(=O)NC(=O)c1ccc(-n2ccc(OCCC3(C(F)(F)F)CC3)n2)nc1Cl. The van der Waals surface area contributed by atoms with Crippen LogP contribution in [0.4, 0.5) is 13.2 Å². The second-order valence-corrected chi connectivity index (χ2v) is 10.2. The van der Waals surface area contributed by atoms with Gasteiger partial charge in [-0.1, -0.05) is 29.8 Å². The molecular weight excluding hydrogens is 509 g/mol. The largest absolute Gasteiger partial charge is 0.477 e. The van der Waals surface area contributed by atoms with Gasteiger partial charge in [0.15, 0.2) is 5.82 Å². The van der Waals surface area contributed by atoms with Crippen molar-refractivity contribution >= 4 is 27.5 Å². The van der Waals surface area contributed by atoms with Gasteiger partial charge in [-0.05, 0) is 49.9 Å². The molecule has 0 bridgehead atoms. The number of pyridine rings is 1. The van der Waals surface area contributed by atoms with Gasteiger partial charge in [0.25, 0.3) is 15.9 Å². The molecule has 186 valence electrons. The Morgan fingerprint density at radius 2 is 1.91 bits per heavy atom. The molecule has 1 fully saturated rings. The molecule has 1 aromatic carbocycles. The molecule has 0 radical (unpaired) electrons. The summed E-state index contributed by atoms with van der Waals surface area (Å²) >= 11 is 6.12. The fraction of sp³-hybridized carbons (Fsp3) is 0.318. The summed E-state index contributed by atoms with van der Waals surface area (Å²) in [6, 6.07) is 10.3. The Labute approximate surface area is 204 Å². The normalized spacial score (nSPS) is 15.0. The number of halogens is 4. The molecule has 3 aromatic rings. The van der Waals surface area contributed by atoms with Crippen molar-refractivity contribution < 1.29 is 31.1 Å². The Hall–Kier alpha value is -3.12. The predicted octanol–water partition coefficient (Wildman–Crippen LogP) is 4.46. The van der Waals surface area contributed by atoms with Crippen molar-refractivity contribution in [3.63, 3.8) is 0 Å². The van der Waals surface area contributed by atoms with Crippen LogP contribution in [0.15, 0.2) is 53.6 Å². The lowest BCUT2D eigenvalue weighted by atomic mass is 10.0. The van der Waals surface area contributed by atoms with Crippen LogP contribution in [0.2, 0.25) is 5.15 Å². The lowest BCUT2D eigenvalue weighted by Gasteiger charge is -2.18. The number of alkyl halides is 3. The van der Waals surface area contributed by atoms with Gasteiger partial charge < -0.3 is 4.74 Å². The van der Waals surface area contributed by atoms with Crippen molar-refractivity contribution in [2.24, 2.45) is 5.41 Å². The van der Waals surface area contributed by atoms with E-state index in [2.05, 4.69) is 10.1 Å². The summed E-state index contributed by atoms with van der Waals surface area (Å²) in [5.74, 6) is -0.662. The number of carbonyl (C=O) groups excluding carboxylic acids is 1. The molecule has 35 heavy (non-hydrogen) atoms. The number of rotatable bonds is 8. The number of amides is 1. The third-order valence-corrected chi connectivity index (χ3v) is 7.55. The third-order valence-electron chi connectivity index (χ3n) is 5.77. The Morgan fingerprint density at radius 1 is 1.20 bits per heavy atom. The lowest BCUT2D eigenvalue weighted by molar-refractivity contribution is -0.190. The number of hydrogen-bond acceptors (Lipinski definition) is 6. The fourth-order valence-electron chi connectivity index (χ4n) is 3.50. The van der Waals surface area contributed by atoms with Gasteiger partial charge >= 0.3 is 6.18 Å². The summed E-state index contributed by atoms with van der Waals surface area (Å²) in [5, 5.41) is 3.84. The minimum Gasteiger partial charge on any atom is -0.477 e. The van der Waals surface area contributed by atoms with Crippen molar-refractivity contribution in [2.45, 2.75) is 37.3 Å². The monoisotopic (exact) mass is 528 g/mol. The standard InChI is InChI=1S/C22H20ClF3N4O4S/c1-14-4-2-3-5-16(14)35(32,33)29-20(31)15-6-7-17(27-19(15)23)30-12-8-18(28-30)34-13-11-21(9-10-21)22(24,25)26/h2-8,12H,9-11,13H2,1H3,(H,29,31). The van der Waals surface area contributed by atoms with Gasteiger partial charge in [-0.2, -0.15) is 13.2 Å². The number of sulfonamides is 1. The Morgan fingerprint density at radius 3 is 2.54 bits per heavy atom.